The predicted molar refractivity (Wildman–Crippen MR) is 119 cm³/mol. The van der Waals surface area contributed by atoms with E-state index in [0.717, 1.165) is 42.4 Å². The first-order valence-corrected chi connectivity index (χ1v) is 11.1. The van der Waals surface area contributed by atoms with E-state index in [1.165, 1.54) is 0 Å². The summed E-state index contributed by atoms with van der Waals surface area (Å²) >= 11 is 0. The highest BCUT2D eigenvalue weighted by Gasteiger charge is 2.57. The van der Waals surface area contributed by atoms with E-state index >= 15 is 0 Å². The number of nitrogens with zero attached hydrogens (tertiary/aromatic N) is 1. The lowest BCUT2D eigenvalue weighted by Gasteiger charge is -2.55. The van der Waals surface area contributed by atoms with Crippen LogP contribution in [-0.4, -0.2) is 22.3 Å². The number of likely N-dealkylation sites (tertiary alicyclic amines) is 1. The molecule has 1 aliphatic carbocycles. The van der Waals surface area contributed by atoms with Crippen molar-refractivity contribution in [1.82, 2.24) is 0 Å². The van der Waals surface area contributed by atoms with Gasteiger partial charge in [-0.15, -0.1) is 0 Å². The highest BCUT2D eigenvalue weighted by Crippen LogP contribution is 2.54. The minimum absolute atomic E-state index is 0.0640. The first-order valence-electron chi connectivity index (χ1n) is 11.1. The summed E-state index contributed by atoms with van der Waals surface area (Å²) < 4.78 is -0.338. The Kier molecular flexibility index (Phi) is 4.98. The molecule has 1 aliphatic heterocycles. The van der Waals surface area contributed by atoms with Gasteiger partial charge in [0.2, 0.25) is 0 Å². The maximum Gasteiger partial charge on any atom is 0.171 e. The molecule has 0 bridgehead atoms. The van der Waals surface area contributed by atoms with Crippen molar-refractivity contribution >= 4 is 0 Å². The Morgan fingerprint density at radius 2 is 1.30 bits per heavy atom. The van der Waals surface area contributed by atoms with Crippen molar-refractivity contribution in [3.8, 4) is 0 Å². The van der Waals surface area contributed by atoms with Crippen LogP contribution in [0.25, 0.3) is 0 Å². The van der Waals surface area contributed by atoms with Gasteiger partial charge in [0.05, 0.1) is 12.6 Å². The number of aliphatic hydroxyl groups is 1. The van der Waals surface area contributed by atoms with Gasteiger partial charge >= 0.3 is 0 Å². The van der Waals surface area contributed by atoms with Gasteiger partial charge in [-0.25, -0.2) is 0 Å². The van der Waals surface area contributed by atoms with E-state index in [-0.39, 0.29) is 10.7 Å². The van der Waals surface area contributed by atoms with Crippen LogP contribution in [0, 0.1) is 11.1 Å². The second-order valence-electron chi connectivity index (χ2n) is 8.94. The zero-order valence-electron chi connectivity index (χ0n) is 17.2. The molecule has 0 amide bonds. The Balaban J connectivity index is 1.76. The molecule has 1 N–H and O–H groups in total. The predicted octanol–water partition coefficient (Wildman–Crippen LogP) is 5.55. The lowest BCUT2D eigenvalue weighted by molar-refractivity contribution is -0.931. The fraction of sp³-hybridized carbons (Fsp3) is 0.333. The highest BCUT2D eigenvalue weighted by atomic mass is 16.6. The van der Waals surface area contributed by atoms with Crippen LogP contribution >= 0.6 is 0 Å². The van der Waals surface area contributed by atoms with Gasteiger partial charge < -0.3 is 15.0 Å². The molecule has 3 aromatic carbocycles. The molecule has 1 saturated heterocycles. The zero-order valence-corrected chi connectivity index (χ0v) is 17.2. The monoisotopic (exact) mass is 399 g/mol. The Hall–Kier alpha value is -2.46. The number of benzene rings is 3. The average molecular weight is 400 g/mol. The highest BCUT2D eigenvalue weighted by molar-refractivity contribution is 5.40. The number of rotatable bonds is 5. The molecule has 3 aromatic rings. The number of quaternary nitrogens is 1. The summed E-state index contributed by atoms with van der Waals surface area (Å²) in [6.45, 7) is 0.566. The van der Waals surface area contributed by atoms with Crippen molar-refractivity contribution in [3.05, 3.63) is 113 Å². The summed E-state index contributed by atoms with van der Waals surface area (Å²) in [5, 5.41) is 27.4. The molecular weight excluding hydrogens is 370 g/mol. The molecule has 1 saturated carbocycles. The molecule has 2 aliphatic rings. The fourth-order valence-electron chi connectivity index (χ4n) is 6.10. The van der Waals surface area contributed by atoms with E-state index in [4.69, 9.17) is 0 Å². The Morgan fingerprint density at radius 3 is 1.87 bits per heavy atom. The van der Waals surface area contributed by atoms with E-state index in [9.17, 15) is 10.3 Å². The van der Waals surface area contributed by atoms with Crippen LogP contribution in [0.2, 0.25) is 0 Å². The summed E-state index contributed by atoms with van der Waals surface area (Å²) in [6, 6.07) is 28.9. The molecule has 0 unspecified atom stereocenters. The Bertz CT molecular complexity index is 936. The van der Waals surface area contributed by atoms with E-state index in [1.807, 2.05) is 91.0 Å². The van der Waals surface area contributed by atoms with Gasteiger partial charge in [0.25, 0.3) is 0 Å². The van der Waals surface area contributed by atoms with Gasteiger partial charge in [0, 0.05) is 24.3 Å². The molecule has 4 atom stereocenters. The van der Waals surface area contributed by atoms with Crippen molar-refractivity contribution in [2.45, 2.75) is 43.4 Å². The minimum Gasteiger partial charge on any atom is -0.632 e. The fourth-order valence-corrected chi connectivity index (χ4v) is 6.10. The Labute approximate surface area is 178 Å². The lowest BCUT2D eigenvalue weighted by Crippen LogP contribution is -2.57. The van der Waals surface area contributed by atoms with Crippen LogP contribution < -0.4 is 0 Å². The largest absolute Gasteiger partial charge is 0.632 e. The molecule has 0 aromatic heterocycles. The third-order valence-corrected chi connectivity index (χ3v) is 7.41. The standard InChI is InChI=1S/C27H29NO2/c29-27(23-14-6-2-7-15-23,24-16-8-3-9-17-24)26(22-11-4-1-5-12-22)28(30)20-19-21-13-10-18-25(21)28/h1-9,11-12,14-17,21,25-26,29H,10,13,18-20H2/t21-,25-,26-,28+/m0/s1. The second-order valence-corrected chi connectivity index (χ2v) is 8.94. The van der Waals surface area contributed by atoms with Crippen LogP contribution in [0.4, 0.5) is 0 Å². The van der Waals surface area contributed by atoms with E-state index < -0.39 is 11.6 Å². The smallest absolute Gasteiger partial charge is 0.171 e. The average Bonchev–Trinajstić information content (AvgIpc) is 3.40. The first kappa shape index (κ1) is 19.5. The summed E-state index contributed by atoms with van der Waals surface area (Å²) in [4.78, 5) is 0. The lowest BCUT2D eigenvalue weighted by atomic mass is 9.76. The molecule has 0 spiro atoms. The van der Waals surface area contributed by atoms with Crippen LogP contribution in [-0.2, 0) is 5.60 Å². The maximum absolute atomic E-state index is 14.8. The molecular formula is C27H29NO2. The molecule has 1 heterocycles. The van der Waals surface area contributed by atoms with Crippen molar-refractivity contribution in [2.75, 3.05) is 6.54 Å². The maximum atomic E-state index is 14.8. The van der Waals surface area contributed by atoms with E-state index in [2.05, 4.69) is 0 Å². The summed E-state index contributed by atoms with van der Waals surface area (Å²) in [7, 11) is 0. The van der Waals surface area contributed by atoms with Crippen molar-refractivity contribution in [2.24, 2.45) is 5.92 Å². The number of hydroxylamine groups is 3. The van der Waals surface area contributed by atoms with E-state index in [0.29, 0.717) is 12.5 Å². The summed E-state index contributed by atoms with van der Waals surface area (Å²) in [5.74, 6) is 0.476. The SMILES string of the molecule is [O-][N@+]1([C@@H](c2ccccc2)C(O)(c2ccccc2)c2ccccc2)CC[C@@H]2CCC[C@@H]21. The molecule has 3 heteroatoms. The van der Waals surface area contributed by atoms with Crippen molar-refractivity contribution in [3.63, 3.8) is 0 Å². The van der Waals surface area contributed by atoms with Crippen molar-refractivity contribution < 1.29 is 9.75 Å². The van der Waals surface area contributed by atoms with Crippen LogP contribution in [0.1, 0.15) is 48.4 Å². The second kappa shape index (κ2) is 7.66. The third kappa shape index (κ3) is 3.01. The summed E-state index contributed by atoms with van der Waals surface area (Å²) in [5.41, 5.74) is 1.05. The van der Waals surface area contributed by atoms with E-state index in [1.54, 1.807) is 0 Å². The first-order chi connectivity index (χ1) is 14.6. The number of hydrogen-bond donors (Lipinski definition) is 1. The normalized spacial score (nSPS) is 27.0. The summed E-state index contributed by atoms with van der Waals surface area (Å²) in [6.07, 6.45) is 4.17. The quantitative estimate of drug-likeness (QED) is 0.451. The molecule has 3 nitrogen and oxygen atoms in total. The molecule has 30 heavy (non-hydrogen) atoms. The zero-order chi connectivity index (χ0) is 20.6. The number of fused-ring (bicyclic) bond motifs is 1. The number of hydrogen-bond acceptors (Lipinski definition) is 2. The molecule has 5 rings (SSSR count). The molecule has 0 radical (unpaired) electrons. The van der Waals surface area contributed by atoms with Gasteiger partial charge in [0.1, 0.15) is 0 Å². The van der Waals surface area contributed by atoms with Gasteiger partial charge in [-0.05, 0) is 24.0 Å². The van der Waals surface area contributed by atoms with Crippen LogP contribution in [0.15, 0.2) is 91.0 Å². The third-order valence-electron chi connectivity index (χ3n) is 7.41. The van der Waals surface area contributed by atoms with Crippen LogP contribution in [0.5, 0.6) is 0 Å². The van der Waals surface area contributed by atoms with Gasteiger partial charge in [0.15, 0.2) is 11.6 Å². The molecule has 154 valence electrons. The van der Waals surface area contributed by atoms with Gasteiger partial charge in [-0.2, -0.15) is 0 Å². The topological polar surface area (TPSA) is 43.3 Å². The van der Waals surface area contributed by atoms with Gasteiger partial charge in [-0.3, -0.25) is 0 Å². The van der Waals surface area contributed by atoms with Gasteiger partial charge in [-0.1, -0.05) is 91.0 Å². The minimum atomic E-state index is -1.41. The van der Waals surface area contributed by atoms with Crippen LogP contribution in [0.3, 0.4) is 0 Å². The van der Waals surface area contributed by atoms with Crippen molar-refractivity contribution in [1.29, 1.82) is 0 Å². The Morgan fingerprint density at radius 1 is 0.767 bits per heavy atom. The molecule has 2 fully saturated rings.